The zero-order valence-electron chi connectivity index (χ0n) is 9.29. The summed E-state index contributed by atoms with van der Waals surface area (Å²) in [5.41, 5.74) is 3.95. The van der Waals surface area contributed by atoms with E-state index in [2.05, 4.69) is 0 Å². The number of fused-ring (bicyclic) bond motifs is 2. The van der Waals surface area contributed by atoms with Crippen LogP contribution >= 0.6 is 0 Å². The van der Waals surface area contributed by atoms with E-state index >= 15 is 0 Å². The Kier molecular flexibility index (Phi) is 1.84. The van der Waals surface area contributed by atoms with Crippen molar-refractivity contribution < 1.29 is 14.3 Å². The van der Waals surface area contributed by atoms with E-state index in [0.717, 1.165) is 33.8 Å². The Morgan fingerprint density at radius 3 is 2.56 bits per heavy atom. The molecular formula is C13H12O3. The smallest absolute Gasteiger partial charge is 0.231 e. The van der Waals surface area contributed by atoms with Crippen molar-refractivity contribution in [3.8, 4) is 11.5 Å². The number of rotatable bonds is 0. The molecule has 0 radical (unpaired) electrons. The van der Waals surface area contributed by atoms with Crippen molar-refractivity contribution >= 4 is 11.4 Å². The normalized spacial score (nSPS) is 16.6. The second-order valence-corrected chi connectivity index (χ2v) is 4.34. The quantitative estimate of drug-likeness (QED) is 0.624. The summed E-state index contributed by atoms with van der Waals surface area (Å²) in [7, 11) is 0. The highest BCUT2D eigenvalue weighted by molar-refractivity contribution is 6.26. The minimum Gasteiger partial charge on any atom is -0.454 e. The molecule has 0 aromatic heterocycles. The summed E-state index contributed by atoms with van der Waals surface area (Å²) in [6, 6.07) is 3.84. The van der Waals surface area contributed by atoms with Gasteiger partial charge in [0.25, 0.3) is 0 Å². The summed E-state index contributed by atoms with van der Waals surface area (Å²) in [5, 5.41) is 0. The van der Waals surface area contributed by atoms with Crippen LogP contribution in [0.15, 0.2) is 17.7 Å². The first-order valence-corrected chi connectivity index (χ1v) is 5.30. The highest BCUT2D eigenvalue weighted by Crippen LogP contribution is 2.41. The predicted octanol–water partition coefficient (Wildman–Crippen LogP) is 2.33. The molecule has 1 aliphatic carbocycles. The van der Waals surface area contributed by atoms with Crippen molar-refractivity contribution in [1.29, 1.82) is 0 Å². The van der Waals surface area contributed by atoms with Crippen LogP contribution in [0.5, 0.6) is 11.5 Å². The third-order valence-electron chi connectivity index (χ3n) is 3.00. The average molecular weight is 216 g/mol. The number of benzene rings is 1. The van der Waals surface area contributed by atoms with E-state index < -0.39 is 0 Å². The second-order valence-electron chi connectivity index (χ2n) is 4.34. The molecule has 1 aliphatic heterocycles. The minimum absolute atomic E-state index is 0.193. The van der Waals surface area contributed by atoms with Gasteiger partial charge in [-0.25, -0.2) is 0 Å². The van der Waals surface area contributed by atoms with Gasteiger partial charge in [0.15, 0.2) is 17.3 Å². The fourth-order valence-electron chi connectivity index (χ4n) is 2.32. The van der Waals surface area contributed by atoms with Crippen molar-refractivity contribution in [2.75, 3.05) is 6.79 Å². The lowest BCUT2D eigenvalue weighted by atomic mass is 10.0. The van der Waals surface area contributed by atoms with Gasteiger partial charge < -0.3 is 9.47 Å². The Morgan fingerprint density at radius 2 is 1.88 bits per heavy atom. The highest BCUT2D eigenvalue weighted by atomic mass is 16.7. The van der Waals surface area contributed by atoms with Crippen LogP contribution in [0.2, 0.25) is 0 Å². The molecule has 3 rings (SSSR count). The third-order valence-corrected chi connectivity index (χ3v) is 3.00. The molecule has 3 nitrogen and oxygen atoms in total. The molecule has 0 unspecified atom stereocenters. The topological polar surface area (TPSA) is 35.5 Å². The van der Waals surface area contributed by atoms with E-state index in [0.29, 0.717) is 6.42 Å². The van der Waals surface area contributed by atoms with Gasteiger partial charge in [0.2, 0.25) is 6.79 Å². The highest BCUT2D eigenvalue weighted by Gasteiger charge is 2.28. The maximum absolute atomic E-state index is 11.9. The lowest BCUT2D eigenvalue weighted by molar-refractivity contribution is -0.112. The number of hydrogen-bond acceptors (Lipinski definition) is 3. The Hall–Kier alpha value is -1.77. The van der Waals surface area contributed by atoms with Crippen LogP contribution in [0.25, 0.3) is 5.57 Å². The van der Waals surface area contributed by atoms with Crippen molar-refractivity contribution in [2.24, 2.45) is 0 Å². The molecule has 82 valence electrons. The zero-order chi connectivity index (χ0) is 11.3. The molecule has 0 fully saturated rings. The molecular weight excluding hydrogens is 204 g/mol. The first kappa shape index (κ1) is 9.46. The van der Waals surface area contributed by atoms with Crippen LogP contribution in [0, 0.1) is 0 Å². The van der Waals surface area contributed by atoms with Gasteiger partial charge >= 0.3 is 0 Å². The molecule has 0 saturated carbocycles. The van der Waals surface area contributed by atoms with E-state index in [1.54, 1.807) is 0 Å². The van der Waals surface area contributed by atoms with E-state index in [1.807, 2.05) is 26.0 Å². The number of ketones is 1. The van der Waals surface area contributed by atoms with E-state index in [1.165, 1.54) is 0 Å². The van der Waals surface area contributed by atoms with E-state index in [4.69, 9.17) is 9.47 Å². The lowest BCUT2D eigenvalue weighted by Crippen LogP contribution is -1.96. The van der Waals surface area contributed by atoms with Gasteiger partial charge in [0, 0.05) is 12.0 Å². The first-order chi connectivity index (χ1) is 7.66. The average Bonchev–Trinajstić information content (AvgIpc) is 2.75. The van der Waals surface area contributed by atoms with Gasteiger partial charge in [-0.05, 0) is 37.1 Å². The lowest BCUT2D eigenvalue weighted by Gasteiger charge is -2.03. The maximum Gasteiger partial charge on any atom is 0.231 e. The Labute approximate surface area is 93.7 Å². The summed E-state index contributed by atoms with van der Waals surface area (Å²) < 4.78 is 10.6. The fourth-order valence-corrected chi connectivity index (χ4v) is 2.32. The van der Waals surface area contributed by atoms with Gasteiger partial charge in [-0.1, -0.05) is 5.57 Å². The summed E-state index contributed by atoms with van der Waals surface area (Å²) in [6.07, 6.45) is 0.479. The van der Waals surface area contributed by atoms with Crippen LogP contribution in [-0.2, 0) is 11.2 Å². The number of Topliss-reactive ketones (excluding diaryl/α,β-unsaturated/α-hetero) is 1. The number of hydrogen-bond donors (Lipinski definition) is 0. The minimum atomic E-state index is 0.193. The maximum atomic E-state index is 11.9. The molecule has 0 atom stereocenters. The summed E-state index contributed by atoms with van der Waals surface area (Å²) in [5.74, 6) is 1.69. The Bertz CT molecular complexity index is 522. The van der Waals surface area contributed by atoms with Gasteiger partial charge in [0.05, 0.1) is 0 Å². The molecule has 0 bridgehead atoms. The number of carbonyl (C=O) groups excluding carboxylic acids is 1. The van der Waals surface area contributed by atoms with Crippen LogP contribution in [0.4, 0.5) is 0 Å². The van der Waals surface area contributed by atoms with Gasteiger partial charge in [-0.3, -0.25) is 4.79 Å². The third kappa shape index (κ3) is 1.18. The molecule has 3 heteroatoms. The van der Waals surface area contributed by atoms with Crippen molar-refractivity contribution in [2.45, 2.75) is 20.3 Å². The number of allylic oxidation sites excluding steroid dienone is 2. The fraction of sp³-hybridized carbons (Fsp3) is 0.308. The van der Waals surface area contributed by atoms with E-state index in [-0.39, 0.29) is 12.6 Å². The van der Waals surface area contributed by atoms with Gasteiger partial charge in [-0.15, -0.1) is 0 Å². The molecule has 1 aromatic carbocycles. The Morgan fingerprint density at radius 1 is 1.19 bits per heavy atom. The largest absolute Gasteiger partial charge is 0.454 e. The summed E-state index contributed by atoms with van der Waals surface area (Å²) in [4.78, 5) is 11.9. The molecule has 0 spiro atoms. The van der Waals surface area contributed by atoms with E-state index in [9.17, 15) is 4.79 Å². The first-order valence-electron chi connectivity index (χ1n) is 5.30. The SMILES string of the molecule is CC(C)=C1C(=O)Cc2cc3c(cc21)OCO3. The van der Waals surface area contributed by atoms with Crippen molar-refractivity contribution in [1.82, 2.24) is 0 Å². The molecule has 0 amide bonds. The predicted molar refractivity (Wildman–Crippen MR) is 59.5 cm³/mol. The molecule has 16 heavy (non-hydrogen) atoms. The summed E-state index contributed by atoms with van der Waals surface area (Å²) >= 11 is 0. The van der Waals surface area contributed by atoms with Crippen LogP contribution in [0.1, 0.15) is 25.0 Å². The molecule has 2 aliphatic rings. The molecule has 1 aromatic rings. The van der Waals surface area contributed by atoms with Crippen LogP contribution < -0.4 is 9.47 Å². The molecule has 1 heterocycles. The number of ether oxygens (including phenoxy) is 2. The molecule has 0 N–H and O–H groups in total. The second kappa shape index (κ2) is 3.11. The monoisotopic (exact) mass is 216 g/mol. The Balaban J connectivity index is 2.23. The van der Waals surface area contributed by atoms with Crippen molar-refractivity contribution in [3.05, 3.63) is 28.8 Å². The standard InChI is InChI=1S/C13H12O3/c1-7(2)13-9-5-12-11(15-6-16-12)4-8(9)3-10(13)14/h4-5H,3,6H2,1-2H3. The van der Waals surface area contributed by atoms with Crippen LogP contribution in [-0.4, -0.2) is 12.6 Å². The van der Waals surface area contributed by atoms with Crippen molar-refractivity contribution in [3.63, 3.8) is 0 Å². The van der Waals surface area contributed by atoms with Gasteiger partial charge in [-0.2, -0.15) is 0 Å². The van der Waals surface area contributed by atoms with Gasteiger partial charge in [0.1, 0.15) is 0 Å². The van der Waals surface area contributed by atoms with Crippen LogP contribution in [0.3, 0.4) is 0 Å². The zero-order valence-corrected chi connectivity index (χ0v) is 9.29. The molecule has 0 saturated heterocycles. The summed E-state index contributed by atoms with van der Waals surface area (Å²) in [6.45, 7) is 4.20. The number of carbonyl (C=O) groups is 1.